The molecule has 0 bridgehead atoms. The number of benzene rings is 2. The number of carbonyl (C=O) groups is 3. The average molecular weight is 417 g/mol. The third-order valence-corrected chi connectivity index (χ3v) is 4.11. The third kappa shape index (κ3) is 4.38. The number of nitro groups is 2. The Bertz CT molecular complexity index is 1080. The van der Waals surface area contributed by atoms with Crippen molar-refractivity contribution in [1.29, 1.82) is 0 Å². The molecule has 1 amide bonds. The maximum atomic E-state index is 12.8. The van der Waals surface area contributed by atoms with Gasteiger partial charge in [0, 0.05) is 11.6 Å². The fourth-order valence-corrected chi connectivity index (χ4v) is 2.59. The minimum absolute atomic E-state index is 0.00203. The first-order valence-electron chi connectivity index (χ1n) is 8.16. The zero-order valence-electron chi connectivity index (χ0n) is 16.0. The summed E-state index contributed by atoms with van der Waals surface area (Å²) in [5.74, 6) is -2.54. The summed E-state index contributed by atoms with van der Waals surface area (Å²) >= 11 is 0. The lowest BCUT2D eigenvalue weighted by Crippen LogP contribution is -2.18. The van der Waals surface area contributed by atoms with Crippen molar-refractivity contribution in [2.24, 2.45) is 0 Å². The number of nitrogens with one attached hydrogen (secondary N) is 1. The highest BCUT2D eigenvalue weighted by molar-refractivity contribution is 6.10. The van der Waals surface area contributed by atoms with E-state index in [0.717, 1.165) is 32.4 Å². The lowest BCUT2D eigenvalue weighted by atomic mass is 10.0. The number of amides is 1. The van der Waals surface area contributed by atoms with Gasteiger partial charge < -0.3 is 14.8 Å². The predicted molar refractivity (Wildman–Crippen MR) is 102 cm³/mol. The van der Waals surface area contributed by atoms with Gasteiger partial charge in [0.25, 0.3) is 17.3 Å². The van der Waals surface area contributed by atoms with Gasteiger partial charge in [-0.1, -0.05) is 0 Å². The van der Waals surface area contributed by atoms with Gasteiger partial charge >= 0.3 is 11.9 Å². The van der Waals surface area contributed by atoms with Gasteiger partial charge in [0.2, 0.25) is 0 Å². The molecule has 12 heteroatoms. The molecule has 0 heterocycles. The van der Waals surface area contributed by atoms with Crippen LogP contribution in [0.1, 0.15) is 36.6 Å². The van der Waals surface area contributed by atoms with E-state index in [2.05, 4.69) is 14.8 Å². The summed E-state index contributed by atoms with van der Waals surface area (Å²) in [6.45, 7) is 1.25. The molecule has 156 valence electrons. The fraction of sp³-hybridized carbons (Fsp3) is 0.167. The molecule has 0 radical (unpaired) electrons. The van der Waals surface area contributed by atoms with Crippen LogP contribution in [0.4, 0.5) is 17.1 Å². The SMILES string of the molecule is COC(=O)c1ccc(C(=O)OC)c(NC(=O)c2cc([N+](=O)[O-])cc([N+](=O)[O-])c2C)c1. The van der Waals surface area contributed by atoms with E-state index >= 15 is 0 Å². The van der Waals surface area contributed by atoms with E-state index in [0.29, 0.717) is 0 Å². The fourth-order valence-electron chi connectivity index (χ4n) is 2.59. The second-order valence-electron chi connectivity index (χ2n) is 5.85. The minimum Gasteiger partial charge on any atom is -0.465 e. The first-order valence-corrected chi connectivity index (χ1v) is 8.16. The van der Waals surface area contributed by atoms with Crippen LogP contribution in [0.25, 0.3) is 0 Å². The Morgan fingerprint density at radius 3 is 2.07 bits per heavy atom. The number of anilines is 1. The Kier molecular flexibility index (Phi) is 6.42. The molecule has 30 heavy (non-hydrogen) atoms. The number of non-ortho nitro benzene ring substituents is 1. The van der Waals surface area contributed by atoms with E-state index in [9.17, 15) is 34.6 Å². The van der Waals surface area contributed by atoms with Gasteiger partial charge in [-0.3, -0.25) is 25.0 Å². The summed E-state index contributed by atoms with van der Waals surface area (Å²) in [6.07, 6.45) is 0. The molecule has 0 unspecified atom stereocenters. The van der Waals surface area contributed by atoms with E-state index in [-0.39, 0.29) is 27.9 Å². The standard InChI is InChI=1S/C18H15N3O9/c1-9-13(7-11(20(25)26)8-15(9)21(27)28)16(22)19-14-6-10(17(23)29-2)4-5-12(14)18(24)30-3/h4-8H,1-3H3,(H,19,22). The van der Waals surface area contributed by atoms with Crippen LogP contribution in [-0.2, 0) is 9.47 Å². The Morgan fingerprint density at radius 2 is 1.53 bits per heavy atom. The normalized spacial score (nSPS) is 10.1. The summed E-state index contributed by atoms with van der Waals surface area (Å²) < 4.78 is 9.22. The minimum atomic E-state index is -0.966. The largest absolute Gasteiger partial charge is 0.465 e. The molecule has 12 nitrogen and oxygen atoms in total. The van der Waals surface area contributed by atoms with Gasteiger partial charge in [-0.2, -0.15) is 0 Å². The Hall–Kier alpha value is -4.35. The molecule has 0 saturated heterocycles. The van der Waals surface area contributed by atoms with Crippen molar-refractivity contribution < 1.29 is 33.7 Å². The Balaban J connectivity index is 2.58. The summed E-state index contributed by atoms with van der Waals surface area (Å²) in [7, 11) is 2.25. The maximum absolute atomic E-state index is 12.8. The number of nitro benzene ring substituents is 2. The van der Waals surface area contributed by atoms with Crippen molar-refractivity contribution in [2.45, 2.75) is 6.92 Å². The van der Waals surface area contributed by atoms with Crippen molar-refractivity contribution in [3.8, 4) is 0 Å². The zero-order chi connectivity index (χ0) is 22.6. The molecular weight excluding hydrogens is 402 g/mol. The summed E-state index contributed by atoms with van der Waals surface area (Å²) in [5, 5.41) is 24.6. The monoisotopic (exact) mass is 417 g/mol. The molecule has 0 saturated carbocycles. The lowest BCUT2D eigenvalue weighted by Gasteiger charge is -2.12. The van der Waals surface area contributed by atoms with Crippen molar-refractivity contribution in [2.75, 3.05) is 19.5 Å². The van der Waals surface area contributed by atoms with Crippen molar-refractivity contribution >= 4 is 34.9 Å². The van der Waals surface area contributed by atoms with E-state index in [1.165, 1.54) is 19.1 Å². The molecule has 0 aromatic heterocycles. The van der Waals surface area contributed by atoms with Crippen LogP contribution < -0.4 is 5.32 Å². The predicted octanol–water partition coefficient (Wildman–Crippen LogP) is 2.64. The van der Waals surface area contributed by atoms with Crippen LogP contribution in [0, 0.1) is 27.2 Å². The van der Waals surface area contributed by atoms with Crippen LogP contribution in [0.15, 0.2) is 30.3 Å². The molecular formula is C18H15N3O9. The Morgan fingerprint density at radius 1 is 0.900 bits per heavy atom. The molecule has 2 aromatic rings. The summed E-state index contributed by atoms with van der Waals surface area (Å²) in [5.41, 5.74) is -2.01. The van der Waals surface area contributed by atoms with Gasteiger partial charge in [0.05, 0.1) is 52.5 Å². The van der Waals surface area contributed by atoms with Crippen molar-refractivity contribution in [1.82, 2.24) is 0 Å². The molecule has 2 rings (SSSR count). The number of methoxy groups -OCH3 is 2. The molecule has 0 aliphatic heterocycles. The first kappa shape index (κ1) is 21.9. The number of hydrogen-bond acceptors (Lipinski definition) is 9. The molecule has 0 aliphatic rings. The smallest absolute Gasteiger partial charge is 0.339 e. The van der Waals surface area contributed by atoms with Crippen LogP contribution in [-0.4, -0.2) is 41.9 Å². The summed E-state index contributed by atoms with van der Waals surface area (Å²) in [4.78, 5) is 57.1. The van der Waals surface area contributed by atoms with Gasteiger partial charge in [-0.25, -0.2) is 9.59 Å². The number of ether oxygens (including phenoxy) is 2. The summed E-state index contributed by atoms with van der Waals surface area (Å²) in [6, 6.07) is 5.26. The van der Waals surface area contributed by atoms with Gasteiger partial charge in [-0.05, 0) is 25.1 Å². The topological polar surface area (TPSA) is 168 Å². The molecule has 0 fully saturated rings. The average Bonchev–Trinajstić information content (AvgIpc) is 2.72. The van der Waals surface area contributed by atoms with Crippen LogP contribution in [0.2, 0.25) is 0 Å². The molecule has 0 spiro atoms. The molecule has 1 N–H and O–H groups in total. The van der Waals surface area contributed by atoms with Crippen molar-refractivity contribution in [3.63, 3.8) is 0 Å². The van der Waals surface area contributed by atoms with Crippen LogP contribution in [0.5, 0.6) is 0 Å². The lowest BCUT2D eigenvalue weighted by molar-refractivity contribution is -0.394. The number of rotatable bonds is 6. The maximum Gasteiger partial charge on any atom is 0.339 e. The highest BCUT2D eigenvalue weighted by atomic mass is 16.6. The third-order valence-electron chi connectivity index (χ3n) is 4.11. The number of esters is 2. The van der Waals surface area contributed by atoms with E-state index in [4.69, 9.17) is 0 Å². The second kappa shape index (κ2) is 8.77. The highest BCUT2D eigenvalue weighted by Crippen LogP contribution is 2.29. The highest BCUT2D eigenvalue weighted by Gasteiger charge is 2.26. The van der Waals surface area contributed by atoms with Crippen LogP contribution >= 0.6 is 0 Å². The van der Waals surface area contributed by atoms with E-state index in [1.807, 2.05) is 0 Å². The van der Waals surface area contributed by atoms with Gasteiger partial charge in [-0.15, -0.1) is 0 Å². The second-order valence-corrected chi connectivity index (χ2v) is 5.85. The van der Waals surface area contributed by atoms with Crippen molar-refractivity contribution in [3.05, 3.63) is 72.8 Å². The number of nitrogens with zero attached hydrogens (tertiary/aromatic N) is 2. The molecule has 0 atom stereocenters. The van der Waals surface area contributed by atoms with Crippen LogP contribution in [0.3, 0.4) is 0 Å². The van der Waals surface area contributed by atoms with Gasteiger partial charge in [0.1, 0.15) is 0 Å². The van der Waals surface area contributed by atoms with E-state index in [1.54, 1.807) is 0 Å². The number of hydrogen-bond donors (Lipinski definition) is 1. The molecule has 2 aromatic carbocycles. The number of carbonyl (C=O) groups excluding carboxylic acids is 3. The van der Waals surface area contributed by atoms with Gasteiger partial charge in [0.15, 0.2) is 0 Å². The van der Waals surface area contributed by atoms with E-state index < -0.39 is 39.1 Å². The quantitative estimate of drug-likeness (QED) is 0.422. The first-order chi connectivity index (χ1) is 14.1. The Labute approximate surface area is 168 Å². The molecule has 0 aliphatic carbocycles. The zero-order valence-corrected chi connectivity index (χ0v) is 16.0.